The molecule has 0 bridgehead atoms. The fourth-order valence-corrected chi connectivity index (χ4v) is 2.58. The first-order chi connectivity index (χ1) is 8.25. The summed E-state index contributed by atoms with van der Waals surface area (Å²) < 4.78 is 7.77. The van der Waals surface area contributed by atoms with Gasteiger partial charge in [-0.2, -0.15) is 0 Å². The van der Waals surface area contributed by atoms with Gasteiger partial charge in [0, 0.05) is 29.2 Å². The molecule has 2 heterocycles. The monoisotopic (exact) mass is 231 g/mol. The first-order valence-electron chi connectivity index (χ1n) is 6.17. The van der Waals surface area contributed by atoms with Crippen molar-refractivity contribution in [3.8, 4) is 5.75 Å². The maximum Gasteiger partial charge on any atom is 0.123 e. The molecule has 1 aliphatic heterocycles. The van der Waals surface area contributed by atoms with Crippen LogP contribution in [0, 0.1) is 0 Å². The Kier molecular flexibility index (Phi) is 2.56. The molecule has 3 rings (SSSR count). The Hall–Kier alpha value is -1.48. The highest BCUT2D eigenvalue weighted by Crippen LogP contribution is 2.32. The van der Waals surface area contributed by atoms with E-state index in [1.807, 2.05) is 13.1 Å². The van der Waals surface area contributed by atoms with Crippen LogP contribution in [-0.2, 0) is 13.0 Å². The summed E-state index contributed by atoms with van der Waals surface area (Å²) in [5, 5.41) is 10.7. The van der Waals surface area contributed by atoms with Crippen molar-refractivity contribution in [2.45, 2.75) is 32.4 Å². The van der Waals surface area contributed by atoms with Gasteiger partial charge >= 0.3 is 0 Å². The normalized spacial score (nSPS) is 16.6. The van der Waals surface area contributed by atoms with E-state index in [2.05, 4.69) is 22.8 Å². The molecule has 0 aliphatic carbocycles. The lowest BCUT2D eigenvalue weighted by Crippen LogP contribution is -2.11. The maximum absolute atomic E-state index is 9.48. The molecule has 0 fully saturated rings. The Morgan fingerprint density at radius 1 is 1.41 bits per heavy atom. The predicted octanol–water partition coefficient (Wildman–Crippen LogP) is 2.35. The van der Waals surface area contributed by atoms with Crippen molar-refractivity contribution in [1.29, 1.82) is 0 Å². The Morgan fingerprint density at radius 2 is 2.29 bits per heavy atom. The minimum atomic E-state index is -0.321. The van der Waals surface area contributed by atoms with Crippen LogP contribution >= 0.6 is 0 Å². The molecule has 1 atom stereocenters. The van der Waals surface area contributed by atoms with E-state index in [1.54, 1.807) is 0 Å². The van der Waals surface area contributed by atoms with E-state index < -0.39 is 0 Å². The molecule has 0 saturated heterocycles. The van der Waals surface area contributed by atoms with Gasteiger partial charge in [-0.1, -0.05) is 0 Å². The molecule has 2 aromatic rings. The number of nitrogens with zero attached hydrogens (tertiary/aromatic N) is 1. The van der Waals surface area contributed by atoms with E-state index in [4.69, 9.17) is 4.74 Å². The molecule has 1 aromatic heterocycles. The smallest absolute Gasteiger partial charge is 0.123 e. The molecule has 17 heavy (non-hydrogen) atoms. The number of aliphatic hydroxyl groups is 1. The van der Waals surface area contributed by atoms with E-state index in [9.17, 15) is 5.11 Å². The zero-order valence-corrected chi connectivity index (χ0v) is 10.0. The second-order valence-electron chi connectivity index (χ2n) is 4.74. The lowest BCUT2D eigenvalue weighted by molar-refractivity contribution is 0.175. The SMILES string of the molecule is CC(O)Cn1ccc2c3c(ccc21)OCCC3. The van der Waals surface area contributed by atoms with Crippen LogP contribution in [0.2, 0.25) is 0 Å². The Labute approximate surface area is 101 Å². The molecular weight excluding hydrogens is 214 g/mol. The molecule has 1 aromatic carbocycles. The average Bonchev–Trinajstić information content (AvgIpc) is 2.72. The summed E-state index contributed by atoms with van der Waals surface area (Å²) in [6.45, 7) is 3.28. The van der Waals surface area contributed by atoms with Crippen LogP contribution in [0.3, 0.4) is 0 Å². The summed E-state index contributed by atoms with van der Waals surface area (Å²) >= 11 is 0. The molecule has 1 aliphatic rings. The number of fused-ring (bicyclic) bond motifs is 3. The van der Waals surface area contributed by atoms with Gasteiger partial charge in [-0.15, -0.1) is 0 Å². The largest absolute Gasteiger partial charge is 0.493 e. The first kappa shape index (κ1) is 10.7. The third-order valence-electron chi connectivity index (χ3n) is 3.31. The van der Waals surface area contributed by atoms with Crippen LogP contribution in [0.25, 0.3) is 10.9 Å². The summed E-state index contributed by atoms with van der Waals surface area (Å²) in [5.41, 5.74) is 2.51. The predicted molar refractivity (Wildman–Crippen MR) is 67.4 cm³/mol. The molecule has 3 nitrogen and oxygen atoms in total. The van der Waals surface area contributed by atoms with E-state index in [-0.39, 0.29) is 6.10 Å². The van der Waals surface area contributed by atoms with Gasteiger partial charge in [0.1, 0.15) is 5.75 Å². The van der Waals surface area contributed by atoms with Crippen LogP contribution in [0.1, 0.15) is 18.9 Å². The van der Waals surface area contributed by atoms with Crippen LogP contribution in [-0.4, -0.2) is 22.4 Å². The Bertz CT molecular complexity index is 542. The molecule has 0 spiro atoms. The van der Waals surface area contributed by atoms with Gasteiger partial charge < -0.3 is 14.4 Å². The molecular formula is C14H17NO2. The number of ether oxygens (including phenoxy) is 1. The van der Waals surface area contributed by atoms with Crippen molar-refractivity contribution in [2.75, 3.05) is 6.61 Å². The van der Waals surface area contributed by atoms with Gasteiger partial charge in [0.15, 0.2) is 0 Å². The van der Waals surface area contributed by atoms with Crippen LogP contribution in [0.15, 0.2) is 24.4 Å². The Balaban J connectivity index is 2.12. The highest BCUT2D eigenvalue weighted by Gasteiger charge is 2.15. The van der Waals surface area contributed by atoms with Gasteiger partial charge in [0.2, 0.25) is 0 Å². The molecule has 3 heteroatoms. The number of hydrogen-bond acceptors (Lipinski definition) is 2. The summed E-state index contributed by atoms with van der Waals surface area (Å²) in [4.78, 5) is 0. The molecule has 1 unspecified atom stereocenters. The van der Waals surface area contributed by atoms with E-state index in [0.29, 0.717) is 6.54 Å². The fraction of sp³-hybridized carbons (Fsp3) is 0.429. The number of rotatable bonds is 2. The van der Waals surface area contributed by atoms with Crippen molar-refractivity contribution in [1.82, 2.24) is 4.57 Å². The topological polar surface area (TPSA) is 34.4 Å². The van der Waals surface area contributed by atoms with Gasteiger partial charge in [-0.3, -0.25) is 0 Å². The summed E-state index contributed by atoms with van der Waals surface area (Å²) in [6, 6.07) is 6.27. The second kappa shape index (κ2) is 4.08. The molecule has 0 radical (unpaired) electrons. The minimum absolute atomic E-state index is 0.321. The standard InChI is InChI=1S/C14H17NO2/c1-10(16)9-15-7-6-11-12-3-2-8-17-14(12)5-4-13(11)15/h4-7,10,16H,2-3,8-9H2,1H3. The van der Waals surface area contributed by atoms with Crippen molar-refractivity contribution < 1.29 is 9.84 Å². The van der Waals surface area contributed by atoms with Crippen LogP contribution < -0.4 is 4.74 Å². The third-order valence-corrected chi connectivity index (χ3v) is 3.31. The fourth-order valence-electron chi connectivity index (χ4n) is 2.58. The Morgan fingerprint density at radius 3 is 3.12 bits per heavy atom. The summed E-state index contributed by atoms with van der Waals surface area (Å²) in [5.74, 6) is 1.03. The molecule has 0 saturated carbocycles. The minimum Gasteiger partial charge on any atom is -0.493 e. The van der Waals surface area contributed by atoms with Gasteiger partial charge in [-0.25, -0.2) is 0 Å². The van der Waals surface area contributed by atoms with E-state index in [1.165, 1.54) is 16.5 Å². The van der Waals surface area contributed by atoms with Crippen LogP contribution in [0.4, 0.5) is 0 Å². The third kappa shape index (κ3) is 1.80. The number of hydrogen-bond donors (Lipinski definition) is 1. The number of aromatic nitrogens is 1. The second-order valence-corrected chi connectivity index (χ2v) is 4.74. The van der Waals surface area contributed by atoms with Gasteiger partial charge in [0.25, 0.3) is 0 Å². The van der Waals surface area contributed by atoms with Crippen LogP contribution in [0.5, 0.6) is 5.75 Å². The highest BCUT2D eigenvalue weighted by atomic mass is 16.5. The zero-order chi connectivity index (χ0) is 11.8. The van der Waals surface area contributed by atoms with Crippen molar-refractivity contribution in [2.24, 2.45) is 0 Å². The van der Waals surface area contributed by atoms with Gasteiger partial charge in [0.05, 0.1) is 12.7 Å². The van der Waals surface area contributed by atoms with E-state index >= 15 is 0 Å². The summed E-state index contributed by atoms with van der Waals surface area (Å²) in [6.07, 6.45) is 3.91. The molecule has 0 amide bonds. The van der Waals surface area contributed by atoms with Crippen molar-refractivity contribution in [3.63, 3.8) is 0 Å². The van der Waals surface area contributed by atoms with E-state index in [0.717, 1.165) is 25.2 Å². The van der Waals surface area contributed by atoms with Crippen molar-refractivity contribution >= 4 is 10.9 Å². The number of benzene rings is 1. The van der Waals surface area contributed by atoms with Crippen molar-refractivity contribution in [3.05, 3.63) is 30.0 Å². The number of aryl methyl sites for hydroxylation is 1. The highest BCUT2D eigenvalue weighted by molar-refractivity contribution is 5.86. The molecule has 1 N–H and O–H groups in total. The number of aliphatic hydroxyl groups excluding tert-OH is 1. The zero-order valence-electron chi connectivity index (χ0n) is 10.0. The summed E-state index contributed by atoms with van der Waals surface area (Å²) in [7, 11) is 0. The maximum atomic E-state index is 9.48. The lowest BCUT2D eigenvalue weighted by atomic mass is 10.0. The first-order valence-corrected chi connectivity index (χ1v) is 6.17. The quantitative estimate of drug-likeness (QED) is 0.861. The average molecular weight is 231 g/mol. The molecule has 90 valence electrons. The van der Waals surface area contributed by atoms with Gasteiger partial charge in [-0.05, 0) is 38.0 Å². The lowest BCUT2D eigenvalue weighted by Gasteiger charge is -2.18.